The second kappa shape index (κ2) is 7.21. The van der Waals surface area contributed by atoms with Crippen molar-refractivity contribution in [3.8, 4) is 0 Å². The lowest BCUT2D eigenvalue weighted by Gasteiger charge is -2.10. The third-order valence-electron chi connectivity index (χ3n) is 2.74. The van der Waals surface area contributed by atoms with Gasteiger partial charge in [0.15, 0.2) is 0 Å². The summed E-state index contributed by atoms with van der Waals surface area (Å²) in [5, 5.41) is 7.87. The Morgan fingerprint density at radius 3 is 2.44 bits per heavy atom. The standard InChI is InChI=1S/C11H13N.2C2H6/c1-3-7(2)9-5-4-8-6-10(8)11(9)12;2*1-2/h3-5,8,10,12H,1,6H2,2H3;2*1-2H3/b9-7-,12-11?;;. The van der Waals surface area contributed by atoms with Gasteiger partial charge in [0.25, 0.3) is 0 Å². The van der Waals surface area contributed by atoms with Crippen LogP contribution in [0.4, 0.5) is 0 Å². The Balaban J connectivity index is 0.000000509. The molecule has 2 unspecified atom stereocenters. The molecule has 0 aromatic rings. The Morgan fingerprint density at radius 2 is 1.94 bits per heavy atom. The van der Waals surface area contributed by atoms with Gasteiger partial charge in [-0.05, 0) is 30.4 Å². The summed E-state index contributed by atoms with van der Waals surface area (Å²) in [4.78, 5) is 0. The summed E-state index contributed by atoms with van der Waals surface area (Å²) in [6.45, 7) is 13.7. The van der Waals surface area contributed by atoms with Crippen molar-refractivity contribution in [2.45, 2.75) is 41.0 Å². The van der Waals surface area contributed by atoms with Crippen LogP contribution in [0.15, 0.2) is 36.0 Å². The van der Waals surface area contributed by atoms with Crippen molar-refractivity contribution in [3.05, 3.63) is 36.0 Å². The molecule has 0 aliphatic heterocycles. The molecule has 2 rings (SSSR count). The van der Waals surface area contributed by atoms with Crippen molar-refractivity contribution in [2.75, 3.05) is 0 Å². The third-order valence-corrected chi connectivity index (χ3v) is 2.74. The summed E-state index contributed by atoms with van der Waals surface area (Å²) in [5.74, 6) is 1.21. The predicted octanol–water partition coefficient (Wildman–Crippen LogP) is 4.77. The van der Waals surface area contributed by atoms with Crippen molar-refractivity contribution in [3.63, 3.8) is 0 Å². The van der Waals surface area contributed by atoms with Crippen molar-refractivity contribution in [1.29, 1.82) is 5.41 Å². The molecule has 1 saturated carbocycles. The van der Waals surface area contributed by atoms with Gasteiger partial charge >= 0.3 is 0 Å². The lowest BCUT2D eigenvalue weighted by molar-refractivity contribution is 1.00. The topological polar surface area (TPSA) is 23.9 Å². The Hall–Kier alpha value is -1.11. The van der Waals surface area contributed by atoms with Crippen LogP contribution in [0.5, 0.6) is 0 Å². The molecule has 1 fully saturated rings. The average Bonchev–Trinajstić information content (AvgIpc) is 3.14. The number of hydrogen-bond acceptors (Lipinski definition) is 1. The highest BCUT2D eigenvalue weighted by atomic mass is 14.6. The lowest BCUT2D eigenvalue weighted by Crippen LogP contribution is -2.08. The monoisotopic (exact) mass is 219 g/mol. The molecule has 1 nitrogen and oxygen atoms in total. The summed E-state index contributed by atoms with van der Waals surface area (Å²) in [5.41, 5.74) is 3.03. The number of fused-ring (bicyclic) bond motifs is 1. The van der Waals surface area contributed by atoms with E-state index in [2.05, 4.69) is 18.7 Å². The van der Waals surface area contributed by atoms with E-state index in [4.69, 9.17) is 5.41 Å². The number of nitrogens with one attached hydrogen (secondary N) is 1. The molecular formula is C15H25N. The zero-order valence-corrected chi connectivity index (χ0v) is 11.3. The molecule has 0 spiro atoms. The average molecular weight is 219 g/mol. The quantitative estimate of drug-likeness (QED) is 0.657. The Bertz CT molecular complexity index is 307. The van der Waals surface area contributed by atoms with Crippen molar-refractivity contribution in [2.24, 2.45) is 11.8 Å². The van der Waals surface area contributed by atoms with Crippen LogP contribution in [-0.2, 0) is 0 Å². The minimum atomic E-state index is 0.528. The zero-order valence-electron chi connectivity index (χ0n) is 11.3. The van der Waals surface area contributed by atoms with Crippen LogP contribution in [0.1, 0.15) is 41.0 Å². The molecule has 16 heavy (non-hydrogen) atoms. The van der Waals surface area contributed by atoms with Gasteiger partial charge in [0, 0.05) is 11.6 Å². The highest BCUT2D eigenvalue weighted by Crippen LogP contribution is 2.45. The van der Waals surface area contributed by atoms with Gasteiger partial charge in [-0.25, -0.2) is 0 Å². The lowest BCUT2D eigenvalue weighted by atomic mass is 9.95. The van der Waals surface area contributed by atoms with Crippen LogP contribution in [0.3, 0.4) is 0 Å². The molecule has 0 bridgehead atoms. The fourth-order valence-electron chi connectivity index (χ4n) is 1.72. The molecule has 1 heteroatoms. The van der Waals surface area contributed by atoms with E-state index in [0.717, 1.165) is 16.9 Å². The predicted molar refractivity (Wildman–Crippen MR) is 74.1 cm³/mol. The molecule has 0 amide bonds. The van der Waals surface area contributed by atoms with E-state index in [9.17, 15) is 0 Å². The number of allylic oxidation sites excluding steroid dienone is 5. The minimum Gasteiger partial charge on any atom is -0.304 e. The molecule has 0 saturated heterocycles. The van der Waals surface area contributed by atoms with Gasteiger partial charge in [0.1, 0.15) is 0 Å². The fourth-order valence-corrected chi connectivity index (χ4v) is 1.72. The van der Waals surface area contributed by atoms with Gasteiger partial charge in [0.2, 0.25) is 0 Å². The molecule has 2 atom stereocenters. The van der Waals surface area contributed by atoms with Crippen molar-refractivity contribution >= 4 is 5.71 Å². The van der Waals surface area contributed by atoms with Crippen LogP contribution < -0.4 is 0 Å². The second-order valence-corrected chi connectivity index (χ2v) is 3.58. The van der Waals surface area contributed by atoms with Crippen LogP contribution in [0.25, 0.3) is 0 Å². The van der Waals surface area contributed by atoms with Crippen LogP contribution in [0, 0.1) is 17.2 Å². The summed E-state index contributed by atoms with van der Waals surface area (Å²) in [6.07, 6.45) is 7.32. The maximum absolute atomic E-state index is 7.87. The van der Waals surface area contributed by atoms with Gasteiger partial charge in [-0.1, -0.05) is 52.5 Å². The first-order chi connectivity index (χ1) is 7.74. The van der Waals surface area contributed by atoms with E-state index in [1.165, 1.54) is 6.42 Å². The maximum atomic E-state index is 7.87. The van der Waals surface area contributed by atoms with Gasteiger partial charge in [-0.3, -0.25) is 0 Å². The van der Waals surface area contributed by atoms with Gasteiger partial charge in [-0.2, -0.15) is 0 Å². The van der Waals surface area contributed by atoms with Crippen LogP contribution in [-0.4, -0.2) is 5.71 Å². The first-order valence-corrected chi connectivity index (χ1v) is 6.34. The molecule has 0 radical (unpaired) electrons. The maximum Gasteiger partial charge on any atom is 0.0425 e. The highest BCUT2D eigenvalue weighted by molar-refractivity contribution is 6.05. The van der Waals surface area contributed by atoms with E-state index in [1.807, 2.05) is 40.7 Å². The first kappa shape index (κ1) is 14.9. The van der Waals surface area contributed by atoms with Crippen molar-refractivity contribution < 1.29 is 0 Å². The highest BCUT2D eigenvalue weighted by Gasteiger charge is 2.41. The summed E-state index contributed by atoms with van der Waals surface area (Å²) >= 11 is 0. The molecule has 0 heterocycles. The third kappa shape index (κ3) is 3.19. The smallest absolute Gasteiger partial charge is 0.0425 e. The van der Waals surface area contributed by atoms with Gasteiger partial charge in [0.05, 0.1) is 0 Å². The molecule has 1 N–H and O–H groups in total. The SMILES string of the molecule is C=C/C(C)=C1/C=CC2CC2C1=N.CC.CC. The summed E-state index contributed by atoms with van der Waals surface area (Å²) in [7, 11) is 0. The molecule has 0 aromatic carbocycles. The van der Waals surface area contributed by atoms with E-state index in [-0.39, 0.29) is 0 Å². The molecule has 2 aliphatic carbocycles. The number of hydrogen-bond donors (Lipinski definition) is 1. The summed E-state index contributed by atoms with van der Waals surface area (Å²) < 4.78 is 0. The Morgan fingerprint density at radius 1 is 1.38 bits per heavy atom. The van der Waals surface area contributed by atoms with E-state index >= 15 is 0 Å². The van der Waals surface area contributed by atoms with Gasteiger partial charge in [-0.15, -0.1) is 0 Å². The molecule has 2 aliphatic rings. The van der Waals surface area contributed by atoms with E-state index in [0.29, 0.717) is 11.8 Å². The molecule has 90 valence electrons. The largest absolute Gasteiger partial charge is 0.304 e. The number of rotatable bonds is 1. The van der Waals surface area contributed by atoms with Gasteiger partial charge < -0.3 is 5.41 Å². The van der Waals surface area contributed by atoms with Crippen LogP contribution in [0.2, 0.25) is 0 Å². The van der Waals surface area contributed by atoms with E-state index < -0.39 is 0 Å². The van der Waals surface area contributed by atoms with Crippen LogP contribution >= 0.6 is 0 Å². The molecular weight excluding hydrogens is 194 g/mol. The molecule has 0 aromatic heterocycles. The normalized spacial score (nSPS) is 27.7. The second-order valence-electron chi connectivity index (χ2n) is 3.58. The van der Waals surface area contributed by atoms with Crippen molar-refractivity contribution in [1.82, 2.24) is 0 Å². The Kier molecular flexibility index (Phi) is 6.71. The zero-order chi connectivity index (χ0) is 12.7. The fraction of sp³-hybridized carbons (Fsp3) is 0.533. The first-order valence-electron chi connectivity index (χ1n) is 6.34. The van der Waals surface area contributed by atoms with E-state index in [1.54, 1.807) is 0 Å². The minimum absolute atomic E-state index is 0.528. The Labute approximate surface area is 100 Å². The summed E-state index contributed by atoms with van der Waals surface area (Å²) in [6, 6.07) is 0.